The van der Waals surface area contributed by atoms with E-state index in [1.165, 1.54) is 11.3 Å². The predicted molar refractivity (Wildman–Crippen MR) is 78.9 cm³/mol. The molecule has 2 aromatic rings. The zero-order valence-corrected chi connectivity index (χ0v) is 13.0. The maximum absolute atomic E-state index is 12.4. The first kappa shape index (κ1) is 15.2. The van der Waals surface area contributed by atoms with Gasteiger partial charge in [-0.3, -0.25) is 5.10 Å². The highest BCUT2D eigenvalue weighted by atomic mass is 32.2. The van der Waals surface area contributed by atoms with Gasteiger partial charge in [0.05, 0.1) is 6.04 Å². The average Bonchev–Trinajstić information content (AvgIpc) is 3.05. The molecule has 0 fully saturated rings. The molecule has 0 aliphatic rings. The van der Waals surface area contributed by atoms with Gasteiger partial charge in [-0.05, 0) is 24.8 Å². The number of nitrogens with zero attached hydrogens (tertiary/aromatic N) is 1. The van der Waals surface area contributed by atoms with Gasteiger partial charge in [-0.25, -0.2) is 13.1 Å². The van der Waals surface area contributed by atoms with Gasteiger partial charge in [0.15, 0.2) is 5.03 Å². The molecule has 0 saturated heterocycles. The lowest BCUT2D eigenvalue weighted by atomic mass is 10.2. The van der Waals surface area contributed by atoms with E-state index >= 15 is 0 Å². The summed E-state index contributed by atoms with van der Waals surface area (Å²) >= 11 is 1.53. The van der Waals surface area contributed by atoms with Crippen molar-refractivity contribution in [2.75, 3.05) is 0 Å². The summed E-state index contributed by atoms with van der Waals surface area (Å²) in [5.74, 6) is 0. The number of hydrogen-bond acceptors (Lipinski definition) is 5. The van der Waals surface area contributed by atoms with Crippen molar-refractivity contribution in [1.82, 2.24) is 14.9 Å². The number of sulfonamides is 1. The number of thiophene rings is 1. The summed E-state index contributed by atoms with van der Waals surface area (Å²) in [6, 6.07) is 3.57. The maximum atomic E-state index is 12.4. The Labute approximate surface area is 122 Å². The summed E-state index contributed by atoms with van der Waals surface area (Å²) in [5, 5.41) is 8.47. The summed E-state index contributed by atoms with van der Waals surface area (Å²) in [6.45, 7) is 3.83. The third-order valence-corrected chi connectivity index (χ3v) is 5.51. The van der Waals surface area contributed by atoms with Gasteiger partial charge < -0.3 is 5.73 Å². The zero-order valence-electron chi connectivity index (χ0n) is 11.4. The Hall–Kier alpha value is -1.22. The number of aryl methyl sites for hydroxylation is 1. The monoisotopic (exact) mass is 314 g/mol. The van der Waals surface area contributed by atoms with Crippen LogP contribution in [0.1, 0.15) is 35.5 Å². The first-order valence-electron chi connectivity index (χ1n) is 6.29. The smallest absolute Gasteiger partial charge is 0.260 e. The molecular weight excluding hydrogens is 296 g/mol. The van der Waals surface area contributed by atoms with Crippen molar-refractivity contribution in [1.29, 1.82) is 0 Å². The molecule has 0 spiro atoms. The van der Waals surface area contributed by atoms with Crippen LogP contribution in [0.15, 0.2) is 22.5 Å². The molecule has 0 saturated carbocycles. The molecule has 0 aliphatic heterocycles. The number of rotatable bonds is 6. The predicted octanol–water partition coefficient (Wildman–Crippen LogP) is 1.67. The van der Waals surface area contributed by atoms with Crippen LogP contribution in [0.25, 0.3) is 0 Å². The zero-order chi connectivity index (χ0) is 14.8. The van der Waals surface area contributed by atoms with E-state index in [4.69, 9.17) is 5.73 Å². The number of aromatic amines is 1. The van der Waals surface area contributed by atoms with Gasteiger partial charge in [0, 0.05) is 22.7 Å². The lowest BCUT2D eigenvalue weighted by Gasteiger charge is -2.15. The van der Waals surface area contributed by atoms with Crippen LogP contribution in [0.2, 0.25) is 0 Å². The fourth-order valence-electron chi connectivity index (χ4n) is 1.97. The van der Waals surface area contributed by atoms with E-state index in [1.807, 2.05) is 24.4 Å². The lowest BCUT2D eigenvalue weighted by molar-refractivity contribution is 0.548. The van der Waals surface area contributed by atoms with Crippen molar-refractivity contribution in [3.05, 3.63) is 33.6 Å². The molecule has 0 aliphatic carbocycles. The van der Waals surface area contributed by atoms with Gasteiger partial charge in [0.1, 0.15) is 0 Å². The summed E-state index contributed by atoms with van der Waals surface area (Å²) < 4.78 is 27.6. The van der Waals surface area contributed by atoms with Crippen LogP contribution in [0.5, 0.6) is 0 Å². The molecule has 20 heavy (non-hydrogen) atoms. The quantitative estimate of drug-likeness (QED) is 0.755. The first-order chi connectivity index (χ1) is 9.49. The summed E-state index contributed by atoms with van der Waals surface area (Å²) in [7, 11) is -3.69. The number of aromatic nitrogens is 2. The minimum atomic E-state index is -3.69. The van der Waals surface area contributed by atoms with Crippen LogP contribution in [-0.4, -0.2) is 18.6 Å². The van der Waals surface area contributed by atoms with Crippen molar-refractivity contribution >= 4 is 21.4 Å². The summed E-state index contributed by atoms with van der Waals surface area (Å²) in [6.07, 6.45) is 0.668. The normalized spacial score (nSPS) is 13.6. The Bertz CT molecular complexity index is 662. The molecule has 2 heterocycles. The third kappa shape index (κ3) is 2.93. The van der Waals surface area contributed by atoms with Crippen molar-refractivity contribution in [3.63, 3.8) is 0 Å². The number of H-pyrrole nitrogens is 1. The molecule has 0 amide bonds. The molecule has 0 aromatic carbocycles. The number of hydrogen-bond donors (Lipinski definition) is 3. The molecule has 0 bridgehead atoms. The van der Waals surface area contributed by atoms with Gasteiger partial charge in [0.2, 0.25) is 0 Å². The largest absolute Gasteiger partial charge is 0.326 e. The van der Waals surface area contributed by atoms with Crippen LogP contribution in [-0.2, 0) is 16.6 Å². The molecule has 1 unspecified atom stereocenters. The second-order valence-corrected chi connectivity index (χ2v) is 7.04. The minimum absolute atomic E-state index is 0.00694. The second-order valence-electron chi connectivity index (χ2n) is 4.43. The molecular formula is C12H18N4O2S2. The Kier molecular flexibility index (Phi) is 4.59. The van der Waals surface area contributed by atoms with Gasteiger partial charge in [-0.2, -0.15) is 5.10 Å². The maximum Gasteiger partial charge on any atom is 0.260 e. The van der Waals surface area contributed by atoms with E-state index in [0.717, 1.165) is 4.88 Å². The SMILES string of the molecule is CCC(NS(=O)(=O)c1n[nH]c(C)c1CN)c1cccs1. The molecule has 2 aromatic heterocycles. The third-order valence-electron chi connectivity index (χ3n) is 3.09. The Morgan fingerprint density at radius 1 is 1.55 bits per heavy atom. The summed E-state index contributed by atoms with van der Waals surface area (Å²) in [5.41, 5.74) is 6.80. The van der Waals surface area contributed by atoms with Crippen LogP contribution < -0.4 is 10.5 Å². The van der Waals surface area contributed by atoms with E-state index in [2.05, 4.69) is 14.9 Å². The van der Waals surface area contributed by atoms with E-state index in [-0.39, 0.29) is 17.6 Å². The van der Waals surface area contributed by atoms with Gasteiger partial charge >= 0.3 is 0 Å². The second kappa shape index (κ2) is 6.04. The first-order valence-corrected chi connectivity index (χ1v) is 8.65. The highest BCUT2D eigenvalue weighted by Crippen LogP contribution is 2.25. The molecule has 4 N–H and O–H groups in total. The number of nitrogens with two attached hydrogens (primary N) is 1. The van der Waals surface area contributed by atoms with Crippen LogP contribution in [0.3, 0.4) is 0 Å². The standard InChI is InChI=1S/C12H18N4O2S2/c1-3-10(11-5-4-6-19-11)16-20(17,18)12-9(7-13)8(2)14-15-12/h4-6,10,16H,3,7,13H2,1-2H3,(H,14,15). The van der Waals surface area contributed by atoms with Gasteiger partial charge in [-0.1, -0.05) is 13.0 Å². The minimum Gasteiger partial charge on any atom is -0.326 e. The van der Waals surface area contributed by atoms with E-state index in [0.29, 0.717) is 17.7 Å². The fraction of sp³-hybridized carbons (Fsp3) is 0.417. The van der Waals surface area contributed by atoms with Crippen molar-refractivity contribution in [2.24, 2.45) is 5.73 Å². The van der Waals surface area contributed by atoms with Crippen LogP contribution in [0.4, 0.5) is 0 Å². The average molecular weight is 314 g/mol. The van der Waals surface area contributed by atoms with Gasteiger partial charge in [0.25, 0.3) is 10.0 Å². The topological polar surface area (TPSA) is 101 Å². The van der Waals surface area contributed by atoms with Crippen molar-refractivity contribution in [2.45, 2.75) is 37.9 Å². The molecule has 110 valence electrons. The molecule has 0 radical (unpaired) electrons. The van der Waals surface area contributed by atoms with Crippen LogP contribution in [0, 0.1) is 6.92 Å². The fourth-order valence-corrected chi connectivity index (χ4v) is 4.41. The number of nitrogens with one attached hydrogen (secondary N) is 2. The van der Waals surface area contributed by atoms with Crippen molar-refractivity contribution < 1.29 is 8.42 Å². The Morgan fingerprint density at radius 3 is 2.85 bits per heavy atom. The summed E-state index contributed by atoms with van der Waals surface area (Å²) in [4.78, 5) is 0.984. The van der Waals surface area contributed by atoms with E-state index in [1.54, 1.807) is 6.92 Å². The molecule has 8 heteroatoms. The molecule has 6 nitrogen and oxygen atoms in total. The Morgan fingerprint density at radius 2 is 2.30 bits per heavy atom. The van der Waals surface area contributed by atoms with Crippen molar-refractivity contribution in [3.8, 4) is 0 Å². The molecule has 1 atom stereocenters. The lowest BCUT2D eigenvalue weighted by Crippen LogP contribution is -2.29. The molecule has 2 rings (SSSR count). The highest BCUT2D eigenvalue weighted by molar-refractivity contribution is 7.89. The Balaban J connectivity index is 2.31. The van der Waals surface area contributed by atoms with Crippen LogP contribution >= 0.6 is 11.3 Å². The van der Waals surface area contributed by atoms with Gasteiger partial charge in [-0.15, -0.1) is 11.3 Å². The van der Waals surface area contributed by atoms with E-state index in [9.17, 15) is 8.42 Å². The highest BCUT2D eigenvalue weighted by Gasteiger charge is 2.26. The van der Waals surface area contributed by atoms with E-state index < -0.39 is 10.0 Å².